The van der Waals surface area contributed by atoms with Gasteiger partial charge in [-0.2, -0.15) is 5.10 Å². The third-order valence-electron chi connectivity index (χ3n) is 4.20. The van der Waals surface area contributed by atoms with Gasteiger partial charge in [0, 0.05) is 20.0 Å². The lowest BCUT2D eigenvalue weighted by Crippen LogP contribution is -2.27. The summed E-state index contributed by atoms with van der Waals surface area (Å²) in [5.74, 6) is 1.86. The molecule has 3 aromatic rings. The van der Waals surface area contributed by atoms with E-state index in [1.54, 1.807) is 0 Å². The molecule has 0 N–H and O–H groups in total. The van der Waals surface area contributed by atoms with Gasteiger partial charge in [0.25, 0.3) is 0 Å². The van der Waals surface area contributed by atoms with E-state index in [0.29, 0.717) is 13.3 Å². The predicted molar refractivity (Wildman–Crippen MR) is 106 cm³/mol. The van der Waals surface area contributed by atoms with Crippen LogP contribution in [0.25, 0.3) is 0 Å². The molecule has 0 amide bonds. The van der Waals surface area contributed by atoms with E-state index in [1.807, 2.05) is 71.9 Å². The number of benzene rings is 2. The Balaban J connectivity index is 1.57. The summed E-state index contributed by atoms with van der Waals surface area (Å²) < 4.78 is 10.3. The fraction of sp³-hybridized carbons (Fsp3) is 0.300. The molecule has 0 fully saturated rings. The van der Waals surface area contributed by atoms with Gasteiger partial charge in [0.05, 0.1) is 6.67 Å². The van der Waals surface area contributed by atoms with E-state index in [2.05, 4.69) is 17.0 Å². The van der Waals surface area contributed by atoms with Crippen molar-refractivity contribution in [3.05, 3.63) is 76.8 Å². The molecule has 26 heavy (non-hydrogen) atoms. The summed E-state index contributed by atoms with van der Waals surface area (Å²) >= 11 is 5.54. The Hall–Kier alpha value is -2.44. The van der Waals surface area contributed by atoms with Crippen LogP contribution in [0.4, 0.5) is 0 Å². The first-order valence-corrected chi connectivity index (χ1v) is 9.07. The lowest BCUT2D eigenvalue weighted by molar-refractivity contribution is 0.197. The van der Waals surface area contributed by atoms with Gasteiger partial charge in [-0.25, -0.2) is 4.68 Å². The highest BCUT2D eigenvalue weighted by molar-refractivity contribution is 7.71. The Bertz CT molecular complexity index is 874. The lowest BCUT2D eigenvalue weighted by Gasteiger charge is -2.16. The zero-order chi connectivity index (χ0) is 18.4. The molecular weight excluding hydrogens is 344 g/mol. The van der Waals surface area contributed by atoms with E-state index in [0.717, 1.165) is 29.3 Å². The summed E-state index contributed by atoms with van der Waals surface area (Å²) in [7, 11) is 4.02. The molecule has 5 nitrogen and oxygen atoms in total. The maximum atomic E-state index is 5.75. The van der Waals surface area contributed by atoms with Gasteiger partial charge in [0.2, 0.25) is 0 Å². The van der Waals surface area contributed by atoms with Crippen LogP contribution in [0.1, 0.15) is 11.4 Å². The third kappa shape index (κ3) is 4.80. The van der Waals surface area contributed by atoms with Gasteiger partial charge < -0.3 is 9.30 Å². The maximum Gasteiger partial charge on any atom is 0.198 e. The van der Waals surface area contributed by atoms with Gasteiger partial charge in [-0.3, -0.25) is 4.90 Å². The number of ether oxygens (including phenoxy) is 1. The van der Waals surface area contributed by atoms with Crippen LogP contribution in [0.3, 0.4) is 0 Å². The molecule has 3 rings (SSSR count). The number of hydrogen-bond donors (Lipinski definition) is 0. The number of rotatable bonds is 8. The summed E-state index contributed by atoms with van der Waals surface area (Å²) in [5, 5.41) is 4.70. The molecule has 6 heteroatoms. The van der Waals surface area contributed by atoms with E-state index >= 15 is 0 Å². The number of nitrogens with zero attached hydrogens (tertiary/aromatic N) is 4. The molecule has 0 unspecified atom stereocenters. The van der Waals surface area contributed by atoms with Crippen molar-refractivity contribution < 1.29 is 4.74 Å². The molecule has 136 valence electrons. The van der Waals surface area contributed by atoms with Crippen LogP contribution in [0.15, 0.2) is 60.7 Å². The number of aromatic nitrogens is 3. The highest BCUT2D eigenvalue weighted by atomic mass is 32.1. The average molecular weight is 369 g/mol. The summed E-state index contributed by atoms with van der Waals surface area (Å²) in [6.45, 7) is 2.05. The minimum Gasteiger partial charge on any atom is -0.492 e. The van der Waals surface area contributed by atoms with Gasteiger partial charge in [0.15, 0.2) is 4.77 Å². The second kappa shape index (κ2) is 8.78. The molecule has 0 bridgehead atoms. The van der Waals surface area contributed by atoms with Crippen molar-refractivity contribution >= 4 is 12.2 Å². The molecule has 1 aromatic heterocycles. The number of hydrogen-bond acceptors (Lipinski definition) is 4. The van der Waals surface area contributed by atoms with Gasteiger partial charge in [-0.1, -0.05) is 48.5 Å². The van der Waals surface area contributed by atoms with Crippen LogP contribution in [-0.4, -0.2) is 39.4 Å². The first-order chi connectivity index (χ1) is 12.6. The molecule has 0 saturated carbocycles. The summed E-state index contributed by atoms with van der Waals surface area (Å²) in [4.78, 5) is 2.15. The Morgan fingerprint density at radius 3 is 2.38 bits per heavy atom. The minimum atomic E-state index is 0.623. The van der Waals surface area contributed by atoms with Crippen LogP contribution in [0.5, 0.6) is 5.75 Å². The van der Waals surface area contributed by atoms with Gasteiger partial charge >= 0.3 is 0 Å². The molecule has 0 spiro atoms. The smallest absolute Gasteiger partial charge is 0.198 e. The fourth-order valence-electron chi connectivity index (χ4n) is 2.69. The molecule has 0 aliphatic rings. The second-order valence-corrected chi connectivity index (χ2v) is 6.67. The van der Waals surface area contributed by atoms with Crippen LogP contribution < -0.4 is 4.74 Å². The Kier molecular flexibility index (Phi) is 6.20. The quantitative estimate of drug-likeness (QED) is 0.570. The topological polar surface area (TPSA) is 35.2 Å². The van der Waals surface area contributed by atoms with Crippen molar-refractivity contribution in [3.63, 3.8) is 0 Å². The van der Waals surface area contributed by atoms with Crippen molar-refractivity contribution in [2.75, 3.05) is 20.2 Å². The number of likely N-dealkylation sites (N-methyl/N-ethyl adjacent to an activating group) is 1. The monoisotopic (exact) mass is 368 g/mol. The summed E-state index contributed by atoms with van der Waals surface area (Å²) in [6, 6.07) is 20.2. The molecule has 0 saturated heterocycles. The van der Waals surface area contributed by atoms with Crippen LogP contribution in [0.2, 0.25) is 0 Å². The predicted octanol–water partition coefficient (Wildman–Crippen LogP) is 3.51. The lowest BCUT2D eigenvalue weighted by atomic mass is 10.1. The van der Waals surface area contributed by atoms with Crippen molar-refractivity contribution in [1.29, 1.82) is 0 Å². The normalized spacial score (nSPS) is 11.0. The molecule has 0 aliphatic heterocycles. The first kappa shape index (κ1) is 18.4. The third-order valence-corrected chi connectivity index (χ3v) is 4.68. The van der Waals surface area contributed by atoms with E-state index in [9.17, 15) is 0 Å². The molecule has 0 atom stereocenters. The maximum absolute atomic E-state index is 5.75. The SMILES string of the molecule is CN(CCOc1ccccc1)Cn1nc(Cc2ccccc2)n(C)c1=S. The van der Waals surface area contributed by atoms with Crippen LogP contribution >= 0.6 is 12.2 Å². The number of para-hydroxylation sites is 1. The first-order valence-electron chi connectivity index (χ1n) is 8.66. The molecule has 1 heterocycles. The molecule has 2 aromatic carbocycles. The van der Waals surface area contributed by atoms with Crippen molar-refractivity contribution in [3.8, 4) is 5.75 Å². The highest BCUT2D eigenvalue weighted by Crippen LogP contribution is 2.09. The summed E-state index contributed by atoms with van der Waals surface area (Å²) in [6.07, 6.45) is 0.773. The zero-order valence-corrected chi connectivity index (χ0v) is 16.0. The van der Waals surface area contributed by atoms with Crippen LogP contribution in [0, 0.1) is 4.77 Å². The second-order valence-electron chi connectivity index (χ2n) is 6.30. The van der Waals surface area contributed by atoms with Crippen LogP contribution in [-0.2, 0) is 20.1 Å². The van der Waals surface area contributed by atoms with Gasteiger partial charge in [-0.15, -0.1) is 0 Å². The average Bonchev–Trinajstić information content (AvgIpc) is 2.91. The van der Waals surface area contributed by atoms with Crippen molar-refractivity contribution in [2.45, 2.75) is 13.1 Å². The van der Waals surface area contributed by atoms with Gasteiger partial charge in [0.1, 0.15) is 18.2 Å². The van der Waals surface area contributed by atoms with E-state index in [4.69, 9.17) is 22.1 Å². The van der Waals surface area contributed by atoms with Gasteiger partial charge in [-0.05, 0) is 37.0 Å². The summed E-state index contributed by atoms with van der Waals surface area (Å²) in [5.41, 5.74) is 1.23. The highest BCUT2D eigenvalue weighted by Gasteiger charge is 2.10. The Labute approximate surface area is 159 Å². The molecular formula is C20H24N4OS. The zero-order valence-electron chi connectivity index (χ0n) is 15.2. The van der Waals surface area contributed by atoms with E-state index in [1.165, 1.54) is 5.56 Å². The largest absolute Gasteiger partial charge is 0.492 e. The van der Waals surface area contributed by atoms with E-state index in [-0.39, 0.29) is 0 Å². The molecule has 0 aliphatic carbocycles. The standard InChI is InChI=1S/C20H24N4OS/c1-22(13-14-25-18-11-7-4-8-12-18)16-24-20(26)23(2)19(21-24)15-17-9-5-3-6-10-17/h3-12H,13-16H2,1-2H3. The minimum absolute atomic E-state index is 0.623. The van der Waals surface area contributed by atoms with Crippen molar-refractivity contribution in [1.82, 2.24) is 19.2 Å². The molecule has 0 radical (unpaired) electrons. The van der Waals surface area contributed by atoms with E-state index < -0.39 is 0 Å². The Morgan fingerprint density at radius 2 is 1.69 bits per heavy atom. The Morgan fingerprint density at radius 1 is 1.04 bits per heavy atom. The fourth-order valence-corrected chi connectivity index (χ4v) is 2.90. The van der Waals surface area contributed by atoms with Crippen molar-refractivity contribution in [2.24, 2.45) is 7.05 Å².